The second-order valence-corrected chi connectivity index (χ2v) is 8.02. The Balaban J connectivity index is 2.31. The molecule has 0 radical (unpaired) electrons. The van der Waals surface area contributed by atoms with Gasteiger partial charge in [-0.2, -0.15) is 0 Å². The molecule has 1 aromatic carbocycles. The predicted molar refractivity (Wildman–Crippen MR) is 100.0 cm³/mol. The van der Waals surface area contributed by atoms with Gasteiger partial charge in [0.2, 0.25) is 0 Å². The first-order valence-corrected chi connectivity index (χ1v) is 9.26. The van der Waals surface area contributed by atoms with Gasteiger partial charge >= 0.3 is 0 Å². The van der Waals surface area contributed by atoms with E-state index in [1.54, 1.807) is 12.7 Å². The van der Waals surface area contributed by atoms with Crippen LogP contribution in [0.3, 0.4) is 0 Å². The van der Waals surface area contributed by atoms with E-state index in [-0.39, 0.29) is 0 Å². The second-order valence-electron chi connectivity index (χ2n) is 8.02. The van der Waals surface area contributed by atoms with E-state index in [1.807, 2.05) is 0 Å². The van der Waals surface area contributed by atoms with Crippen molar-refractivity contribution in [3.05, 3.63) is 41.5 Å². The molecule has 3 atom stereocenters. The molecular formula is C22H34O. The van der Waals surface area contributed by atoms with Crippen molar-refractivity contribution in [3.63, 3.8) is 0 Å². The zero-order valence-electron chi connectivity index (χ0n) is 15.8. The minimum Gasteiger partial charge on any atom is -0.497 e. The zero-order valence-corrected chi connectivity index (χ0v) is 15.8. The van der Waals surface area contributed by atoms with Crippen LogP contribution in [-0.4, -0.2) is 7.11 Å². The molecule has 0 heterocycles. The van der Waals surface area contributed by atoms with Gasteiger partial charge in [-0.25, -0.2) is 0 Å². The van der Waals surface area contributed by atoms with Crippen LogP contribution in [0.5, 0.6) is 5.75 Å². The highest BCUT2D eigenvalue weighted by Gasteiger charge is 2.27. The average Bonchev–Trinajstić information content (AvgIpc) is 2.52. The Morgan fingerprint density at radius 1 is 1.04 bits per heavy atom. The fourth-order valence-electron chi connectivity index (χ4n) is 3.99. The van der Waals surface area contributed by atoms with Crippen molar-refractivity contribution in [1.82, 2.24) is 0 Å². The van der Waals surface area contributed by atoms with Gasteiger partial charge in [0.1, 0.15) is 5.75 Å². The summed E-state index contributed by atoms with van der Waals surface area (Å²) in [5, 5.41) is 0. The number of ether oxygens (including phenoxy) is 1. The topological polar surface area (TPSA) is 9.23 Å². The standard InChI is InChI=1S/C22H34O/c1-15(2)21-12-7-17(5)13-19(21)14-22(16(3)4)18-8-10-20(23-6)11-9-18/h8-11,14-17,21-22H,7,12-13H2,1-6H3/b19-14+/t17-,21+,22+/m1/s1. The van der Waals surface area contributed by atoms with Gasteiger partial charge in [-0.15, -0.1) is 0 Å². The lowest BCUT2D eigenvalue weighted by atomic mass is 9.72. The Labute approximate surface area is 143 Å². The maximum absolute atomic E-state index is 5.31. The number of methoxy groups -OCH3 is 1. The molecule has 0 aliphatic heterocycles. The fourth-order valence-corrected chi connectivity index (χ4v) is 3.99. The molecule has 1 aliphatic carbocycles. The molecule has 128 valence electrons. The van der Waals surface area contributed by atoms with Gasteiger partial charge in [0.15, 0.2) is 0 Å². The monoisotopic (exact) mass is 314 g/mol. The predicted octanol–water partition coefficient (Wildman–Crippen LogP) is 6.45. The Morgan fingerprint density at radius 3 is 2.22 bits per heavy atom. The molecule has 0 unspecified atom stereocenters. The van der Waals surface area contributed by atoms with Crippen molar-refractivity contribution in [2.24, 2.45) is 23.7 Å². The molecule has 23 heavy (non-hydrogen) atoms. The highest BCUT2D eigenvalue weighted by molar-refractivity contribution is 5.33. The van der Waals surface area contributed by atoms with Crippen molar-refractivity contribution < 1.29 is 4.74 Å². The molecule has 0 spiro atoms. The molecule has 0 bridgehead atoms. The van der Waals surface area contributed by atoms with Gasteiger partial charge in [0.05, 0.1) is 7.11 Å². The van der Waals surface area contributed by atoms with E-state index in [0.29, 0.717) is 11.8 Å². The minimum absolute atomic E-state index is 0.502. The third-order valence-electron chi connectivity index (χ3n) is 5.45. The summed E-state index contributed by atoms with van der Waals surface area (Å²) in [5.74, 6) is 4.40. The first kappa shape index (κ1) is 18.1. The van der Waals surface area contributed by atoms with Crippen molar-refractivity contribution in [2.75, 3.05) is 7.11 Å². The lowest BCUT2D eigenvalue weighted by Gasteiger charge is -2.34. The van der Waals surface area contributed by atoms with Crippen LogP contribution in [-0.2, 0) is 0 Å². The minimum atomic E-state index is 0.502. The van der Waals surface area contributed by atoms with Gasteiger partial charge < -0.3 is 4.74 Å². The number of allylic oxidation sites excluding steroid dienone is 2. The third kappa shape index (κ3) is 4.62. The molecule has 1 saturated carbocycles. The van der Waals surface area contributed by atoms with Crippen LogP contribution < -0.4 is 4.74 Å². The highest BCUT2D eigenvalue weighted by Crippen LogP contribution is 2.40. The summed E-state index contributed by atoms with van der Waals surface area (Å²) in [6.07, 6.45) is 6.63. The zero-order chi connectivity index (χ0) is 17.0. The summed E-state index contributed by atoms with van der Waals surface area (Å²) in [5.41, 5.74) is 3.11. The molecular weight excluding hydrogens is 280 g/mol. The smallest absolute Gasteiger partial charge is 0.118 e. The van der Waals surface area contributed by atoms with Crippen LogP contribution in [0.15, 0.2) is 35.9 Å². The molecule has 0 saturated heterocycles. The number of rotatable bonds is 5. The van der Waals surface area contributed by atoms with E-state index >= 15 is 0 Å². The third-order valence-corrected chi connectivity index (χ3v) is 5.45. The van der Waals surface area contributed by atoms with Crippen LogP contribution >= 0.6 is 0 Å². The van der Waals surface area contributed by atoms with Crippen LogP contribution in [0.4, 0.5) is 0 Å². The number of benzene rings is 1. The van der Waals surface area contributed by atoms with Gasteiger partial charge in [-0.3, -0.25) is 0 Å². The lowest BCUT2D eigenvalue weighted by Crippen LogP contribution is -2.21. The van der Waals surface area contributed by atoms with Gasteiger partial charge in [-0.1, -0.05) is 58.4 Å². The first-order valence-electron chi connectivity index (χ1n) is 9.26. The molecule has 0 amide bonds. The summed E-state index contributed by atoms with van der Waals surface area (Å²) in [4.78, 5) is 0. The highest BCUT2D eigenvalue weighted by atomic mass is 16.5. The molecule has 1 aliphatic rings. The quantitative estimate of drug-likeness (QED) is 0.567. The first-order chi connectivity index (χ1) is 10.9. The normalized spacial score (nSPS) is 25.1. The van der Waals surface area contributed by atoms with Gasteiger partial charge in [-0.05, 0) is 60.6 Å². The maximum atomic E-state index is 5.31. The number of hydrogen-bond donors (Lipinski definition) is 0. The number of hydrogen-bond acceptors (Lipinski definition) is 1. The Kier molecular flexibility index (Phi) is 6.33. The van der Waals surface area contributed by atoms with Crippen LogP contribution in [0.1, 0.15) is 65.4 Å². The Bertz CT molecular complexity index is 509. The van der Waals surface area contributed by atoms with Gasteiger partial charge in [0, 0.05) is 5.92 Å². The van der Waals surface area contributed by atoms with E-state index in [1.165, 1.54) is 24.8 Å². The van der Waals surface area contributed by atoms with E-state index in [4.69, 9.17) is 4.74 Å². The largest absolute Gasteiger partial charge is 0.497 e. The van der Waals surface area contributed by atoms with Crippen LogP contribution in [0.2, 0.25) is 0 Å². The summed E-state index contributed by atoms with van der Waals surface area (Å²) >= 11 is 0. The van der Waals surface area contributed by atoms with Crippen LogP contribution in [0, 0.1) is 23.7 Å². The molecule has 1 heteroatoms. The van der Waals surface area contributed by atoms with E-state index in [9.17, 15) is 0 Å². The molecule has 0 N–H and O–H groups in total. The Hall–Kier alpha value is -1.24. The van der Waals surface area contributed by atoms with E-state index in [2.05, 4.69) is 65.0 Å². The lowest BCUT2D eigenvalue weighted by molar-refractivity contribution is 0.305. The van der Waals surface area contributed by atoms with Crippen molar-refractivity contribution in [1.29, 1.82) is 0 Å². The molecule has 1 aromatic rings. The average molecular weight is 315 g/mol. The second kappa shape index (κ2) is 8.04. The molecule has 1 fully saturated rings. The van der Waals surface area contributed by atoms with Crippen molar-refractivity contribution >= 4 is 0 Å². The summed E-state index contributed by atoms with van der Waals surface area (Å²) in [6.45, 7) is 11.8. The Morgan fingerprint density at radius 2 is 1.70 bits per heavy atom. The molecule has 0 aromatic heterocycles. The molecule has 1 nitrogen and oxygen atoms in total. The van der Waals surface area contributed by atoms with Crippen LogP contribution in [0.25, 0.3) is 0 Å². The van der Waals surface area contributed by atoms with Gasteiger partial charge in [0.25, 0.3) is 0 Å². The summed E-state index contributed by atoms with van der Waals surface area (Å²) < 4.78 is 5.31. The fraction of sp³-hybridized carbons (Fsp3) is 0.636. The SMILES string of the molecule is COc1ccc([C@@H](/C=C2\C[C@H](C)CC[C@H]2C(C)C)C(C)C)cc1. The maximum Gasteiger partial charge on any atom is 0.118 e. The van der Waals surface area contributed by atoms with Crippen molar-refractivity contribution in [2.45, 2.75) is 59.8 Å². The van der Waals surface area contributed by atoms with E-state index < -0.39 is 0 Å². The summed E-state index contributed by atoms with van der Waals surface area (Å²) in [6, 6.07) is 8.65. The van der Waals surface area contributed by atoms with Crippen molar-refractivity contribution in [3.8, 4) is 5.75 Å². The summed E-state index contributed by atoms with van der Waals surface area (Å²) in [7, 11) is 1.73. The van der Waals surface area contributed by atoms with E-state index in [0.717, 1.165) is 23.5 Å². The molecule has 2 rings (SSSR count).